The lowest BCUT2D eigenvalue weighted by Crippen LogP contribution is -2.47. The number of esters is 1. The van der Waals surface area contributed by atoms with Gasteiger partial charge in [0.25, 0.3) is 5.69 Å². The molecule has 0 aromatic heterocycles. The minimum Gasteiger partial charge on any atom is -0.458 e. The standard InChI is InChI=1S/C19H21N3O7/c1-10-8-20-19(25)21(9-10)16-6-13-15(7-14(23)17(13)29-16)28-18(24)11-2-4-12(5-3-11)22(26)27/h2-5,9,13-17,23H,6-8H2,1H3,(H,20,25)/t13-,14+,15+,16+,17-/m0/s1. The van der Waals surface area contributed by atoms with Crippen LogP contribution in [0.2, 0.25) is 0 Å². The Balaban J connectivity index is 1.44. The molecule has 5 atom stereocenters. The maximum atomic E-state index is 12.5. The summed E-state index contributed by atoms with van der Waals surface area (Å²) in [5, 5.41) is 23.9. The van der Waals surface area contributed by atoms with Crippen molar-refractivity contribution in [2.45, 2.75) is 44.3 Å². The number of amides is 2. The molecule has 10 heteroatoms. The largest absolute Gasteiger partial charge is 0.458 e. The van der Waals surface area contributed by atoms with Gasteiger partial charge in [0.2, 0.25) is 0 Å². The smallest absolute Gasteiger partial charge is 0.338 e. The number of aliphatic hydroxyl groups is 1. The highest BCUT2D eigenvalue weighted by atomic mass is 16.6. The summed E-state index contributed by atoms with van der Waals surface area (Å²) in [6.07, 6.45) is -0.0552. The molecule has 2 aliphatic heterocycles. The number of nitro benzene ring substituents is 1. The van der Waals surface area contributed by atoms with Crippen molar-refractivity contribution < 1.29 is 29.1 Å². The number of hydrogen-bond donors (Lipinski definition) is 2. The van der Waals surface area contributed by atoms with Crippen LogP contribution in [0.3, 0.4) is 0 Å². The van der Waals surface area contributed by atoms with Gasteiger partial charge in [-0.1, -0.05) is 0 Å². The Bertz CT molecular complexity index is 869. The number of carbonyl (C=O) groups is 2. The van der Waals surface area contributed by atoms with Gasteiger partial charge in [0.1, 0.15) is 12.3 Å². The third-order valence-electron chi connectivity index (χ3n) is 5.54. The Hall–Kier alpha value is -2.98. The highest BCUT2D eigenvalue weighted by molar-refractivity contribution is 5.89. The fraction of sp³-hybridized carbons (Fsp3) is 0.474. The Morgan fingerprint density at radius 3 is 2.76 bits per heavy atom. The van der Waals surface area contributed by atoms with Crippen molar-refractivity contribution in [3.05, 3.63) is 51.7 Å². The first-order chi connectivity index (χ1) is 13.8. The number of fused-ring (bicyclic) bond motifs is 1. The summed E-state index contributed by atoms with van der Waals surface area (Å²) in [6, 6.07) is 4.88. The molecule has 0 unspecified atom stereocenters. The Labute approximate surface area is 166 Å². The highest BCUT2D eigenvalue weighted by Gasteiger charge is 2.53. The number of nitro groups is 1. The molecule has 0 bridgehead atoms. The lowest BCUT2D eigenvalue weighted by Gasteiger charge is -2.30. The van der Waals surface area contributed by atoms with Gasteiger partial charge in [-0.15, -0.1) is 0 Å². The third kappa shape index (κ3) is 3.68. The number of nitrogens with one attached hydrogen (secondary N) is 1. The van der Waals surface area contributed by atoms with Crippen molar-refractivity contribution in [1.29, 1.82) is 0 Å². The van der Waals surface area contributed by atoms with Crippen LogP contribution in [0.15, 0.2) is 36.0 Å². The topological polar surface area (TPSA) is 131 Å². The number of hydrogen-bond acceptors (Lipinski definition) is 7. The van der Waals surface area contributed by atoms with E-state index < -0.39 is 35.4 Å². The number of aliphatic hydroxyl groups excluding tert-OH is 1. The second-order valence-electron chi connectivity index (χ2n) is 7.55. The first-order valence-electron chi connectivity index (χ1n) is 9.36. The van der Waals surface area contributed by atoms with Crippen LogP contribution in [0, 0.1) is 16.0 Å². The quantitative estimate of drug-likeness (QED) is 0.443. The van der Waals surface area contributed by atoms with Crippen molar-refractivity contribution in [2.75, 3.05) is 6.54 Å². The van der Waals surface area contributed by atoms with Crippen LogP contribution in [-0.4, -0.2) is 58.0 Å². The molecule has 1 saturated heterocycles. The summed E-state index contributed by atoms with van der Waals surface area (Å²) in [7, 11) is 0. The lowest BCUT2D eigenvalue weighted by molar-refractivity contribution is -0.384. The van der Waals surface area contributed by atoms with Crippen LogP contribution in [0.1, 0.15) is 30.1 Å². The van der Waals surface area contributed by atoms with E-state index in [9.17, 15) is 24.8 Å². The zero-order valence-corrected chi connectivity index (χ0v) is 15.7. The molecule has 3 aliphatic rings. The van der Waals surface area contributed by atoms with Crippen LogP contribution in [0.25, 0.3) is 0 Å². The summed E-state index contributed by atoms with van der Waals surface area (Å²) in [6.45, 7) is 2.37. The molecule has 2 amide bonds. The molecule has 2 fully saturated rings. The zero-order valence-electron chi connectivity index (χ0n) is 15.7. The maximum Gasteiger partial charge on any atom is 0.338 e. The van der Waals surface area contributed by atoms with Crippen LogP contribution in [-0.2, 0) is 9.47 Å². The maximum absolute atomic E-state index is 12.5. The van der Waals surface area contributed by atoms with Gasteiger partial charge in [-0.2, -0.15) is 0 Å². The van der Waals surface area contributed by atoms with E-state index in [-0.39, 0.29) is 29.6 Å². The van der Waals surface area contributed by atoms with E-state index in [2.05, 4.69) is 5.32 Å². The zero-order chi connectivity index (χ0) is 20.7. The van der Waals surface area contributed by atoms with Gasteiger partial charge in [-0.25, -0.2) is 9.59 Å². The van der Waals surface area contributed by atoms with Crippen molar-refractivity contribution in [2.24, 2.45) is 5.92 Å². The van der Waals surface area contributed by atoms with E-state index in [4.69, 9.17) is 9.47 Å². The predicted molar refractivity (Wildman–Crippen MR) is 98.7 cm³/mol. The van der Waals surface area contributed by atoms with E-state index in [0.29, 0.717) is 13.0 Å². The molecule has 10 nitrogen and oxygen atoms in total. The highest BCUT2D eigenvalue weighted by Crippen LogP contribution is 2.42. The third-order valence-corrected chi connectivity index (χ3v) is 5.54. The number of rotatable bonds is 4. The van der Waals surface area contributed by atoms with Gasteiger partial charge >= 0.3 is 12.0 Å². The van der Waals surface area contributed by atoms with Crippen LogP contribution in [0.5, 0.6) is 0 Å². The molecule has 0 spiro atoms. The minimum atomic E-state index is -0.808. The number of benzene rings is 1. The Morgan fingerprint density at radius 2 is 2.07 bits per heavy atom. The van der Waals surface area contributed by atoms with Crippen molar-refractivity contribution in [3.63, 3.8) is 0 Å². The molecular formula is C19H21N3O7. The lowest BCUT2D eigenvalue weighted by atomic mass is 10.0. The summed E-state index contributed by atoms with van der Waals surface area (Å²) >= 11 is 0. The number of carbonyl (C=O) groups excluding carboxylic acids is 2. The summed E-state index contributed by atoms with van der Waals surface area (Å²) in [5.41, 5.74) is 1.05. The normalized spacial score (nSPS) is 31.1. The van der Waals surface area contributed by atoms with Gasteiger partial charge in [0.05, 0.1) is 22.7 Å². The molecular weight excluding hydrogens is 382 g/mol. The number of non-ortho nitro benzene ring substituents is 1. The summed E-state index contributed by atoms with van der Waals surface area (Å²) in [4.78, 5) is 36.3. The predicted octanol–water partition coefficient (Wildman–Crippen LogP) is 1.54. The van der Waals surface area contributed by atoms with E-state index in [1.165, 1.54) is 29.2 Å². The molecule has 2 heterocycles. The van der Waals surface area contributed by atoms with Gasteiger partial charge in [-0.3, -0.25) is 15.0 Å². The van der Waals surface area contributed by atoms with Crippen LogP contribution in [0.4, 0.5) is 10.5 Å². The van der Waals surface area contributed by atoms with Crippen LogP contribution < -0.4 is 5.32 Å². The van der Waals surface area contributed by atoms with Crippen molar-refractivity contribution in [3.8, 4) is 0 Å². The molecule has 154 valence electrons. The number of ether oxygens (including phenoxy) is 2. The summed E-state index contributed by atoms with van der Waals surface area (Å²) in [5.74, 6) is -0.868. The number of urea groups is 1. The average molecular weight is 403 g/mol. The first-order valence-corrected chi connectivity index (χ1v) is 9.36. The molecule has 4 rings (SSSR count). The van der Waals surface area contributed by atoms with E-state index in [1.54, 1.807) is 6.20 Å². The SMILES string of the molecule is CC1=CN([C@H]2C[C@@H]3[C@H](O2)[C@H](O)C[C@H]3OC(=O)c2ccc([N+](=O)[O-])cc2)C(=O)NC1. The minimum absolute atomic E-state index is 0.118. The average Bonchev–Trinajstić information content (AvgIpc) is 3.25. The molecule has 29 heavy (non-hydrogen) atoms. The van der Waals surface area contributed by atoms with Crippen molar-refractivity contribution >= 4 is 17.7 Å². The first kappa shape index (κ1) is 19.3. The molecule has 1 aromatic carbocycles. The number of nitrogens with zero attached hydrogens (tertiary/aromatic N) is 2. The van der Waals surface area contributed by atoms with Gasteiger partial charge in [0, 0.05) is 43.6 Å². The second kappa shape index (κ2) is 7.45. The Kier molecular flexibility index (Phi) is 4.97. The summed E-state index contributed by atoms with van der Waals surface area (Å²) < 4.78 is 11.5. The monoisotopic (exact) mass is 403 g/mol. The second-order valence-corrected chi connectivity index (χ2v) is 7.55. The fourth-order valence-electron chi connectivity index (χ4n) is 4.09. The molecule has 1 saturated carbocycles. The van der Waals surface area contributed by atoms with E-state index in [1.807, 2.05) is 6.92 Å². The van der Waals surface area contributed by atoms with Gasteiger partial charge in [0.15, 0.2) is 0 Å². The fourth-order valence-corrected chi connectivity index (χ4v) is 4.09. The van der Waals surface area contributed by atoms with E-state index in [0.717, 1.165) is 5.57 Å². The molecule has 0 radical (unpaired) electrons. The van der Waals surface area contributed by atoms with Crippen LogP contribution >= 0.6 is 0 Å². The van der Waals surface area contributed by atoms with Crippen molar-refractivity contribution in [1.82, 2.24) is 10.2 Å². The van der Waals surface area contributed by atoms with E-state index >= 15 is 0 Å². The molecule has 1 aromatic rings. The van der Waals surface area contributed by atoms with Gasteiger partial charge < -0.3 is 19.9 Å². The van der Waals surface area contributed by atoms with Gasteiger partial charge in [-0.05, 0) is 24.6 Å². The Morgan fingerprint density at radius 1 is 1.34 bits per heavy atom. The molecule has 1 aliphatic carbocycles. The molecule has 2 N–H and O–H groups in total.